The van der Waals surface area contributed by atoms with E-state index in [0.717, 1.165) is 25.1 Å². The first-order valence-corrected chi connectivity index (χ1v) is 7.36. The van der Waals surface area contributed by atoms with Gasteiger partial charge >= 0.3 is 0 Å². The monoisotopic (exact) mass is 271 g/mol. The van der Waals surface area contributed by atoms with Crippen LogP contribution in [0, 0.1) is 13.8 Å². The van der Waals surface area contributed by atoms with Gasteiger partial charge in [-0.15, -0.1) is 0 Å². The van der Waals surface area contributed by atoms with Crippen LogP contribution < -0.4 is 5.32 Å². The van der Waals surface area contributed by atoms with E-state index in [1.54, 1.807) is 0 Å². The van der Waals surface area contributed by atoms with Crippen molar-refractivity contribution in [1.82, 2.24) is 15.1 Å². The first-order chi connectivity index (χ1) is 9.58. The van der Waals surface area contributed by atoms with Gasteiger partial charge in [0.15, 0.2) is 0 Å². The largest absolute Gasteiger partial charge is 0.314 e. The van der Waals surface area contributed by atoms with Crippen LogP contribution in [0.3, 0.4) is 0 Å². The number of aryl methyl sites for hydroxylation is 3. The smallest absolute Gasteiger partial charge is 0.0640 e. The molecule has 0 spiro atoms. The Hall–Kier alpha value is -1.61. The maximum Gasteiger partial charge on any atom is 0.0640 e. The predicted molar refractivity (Wildman–Crippen MR) is 84.0 cm³/mol. The van der Waals surface area contributed by atoms with E-state index in [2.05, 4.69) is 55.5 Å². The minimum absolute atomic E-state index is 0.442. The summed E-state index contributed by atoms with van der Waals surface area (Å²) in [6.45, 7) is 7.49. The average molecular weight is 271 g/mol. The standard InChI is InChI=1S/C17H25N3/c1-5-18-17(12-16-8-9-20(4)19-16)11-15-7-6-13(2)14(3)10-15/h6-10,17-18H,5,11-12H2,1-4H3. The van der Waals surface area contributed by atoms with E-state index < -0.39 is 0 Å². The summed E-state index contributed by atoms with van der Waals surface area (Å²) in [4.78, 5) is 0. The molecular formula is C17H25N3. The Morgan fingerprint density at radius 3 is 2.55 bits per heavy atom. The third-order valence-electron chi connectivity index (χ3n) is 3.77. The third kappa shape index (κ3) is 3.94. The molecule has 0 bridgehead atoms. The van der Waals surface area contributed by atoms with Gasteiger partial charge in [-0.25, -0.2) is 0 Å². The number of likely N-dealkylation sites (N-methyl/N-ethyl adjacent to an activating group) is 1. The van der Waals surface area contributed by atoms with Gasteiger partial charge in [0.05, 0.1) is 5.69 Å². The lowest BCUT2D eigenvalue weighted by molar-refractivity contribution is 0.513. The number of nitrogens with one attached hydrogen (secondary N) is 1. The molecule has 3 nitrogen and oxygen atoms in total. The summed E-state index contributed by atoms with van der Waals surface area (Å²) in [5.41, 5.74) is 5.28. The third-order valence-corrected chi connectivity index (χ3v) is 3.77. The first kappa shape index (κ1) is 14.8. The van der Waals surface area contributed by atoms with Gasteiger partial charge in [-0.05, 0) is 49.6 Å². The van der Waals surface area contributed by atoms with Crippen molar-refractivity contribution in [3.63, 3.8) is 0 Å². The molecule has 1 heterocycles. The van der Waals surface area contributed by atoms with Crippen LogP contribution in [0.5, 0.6) is 0 Å². The molecule has 1 aromatic heterocycles. The molecule has 0 radical (unpaired) electrons. The van der Waals surface area contributed by atoms with Gasteiger partial charge in [0.25, 0.3) is 0 Å². The van der Waals surface area contributed by atoms with Crippen molar-refractivity contribution in [2.45, 2.75) is 39.7 Å². The second-order valence-electron chi connectivity index (χ2n) is 5.56. The summed E-state index contributed by atoms with van der Waals surface area (Å²) in [5.74, 6) is 0. The fourth-order valence-corrected chi connectivity index (χ4v) is 2.54. The lowest BCUT2D eigenvalue weighted by Gasteiger charge is -2.17. The van der Waals surface area contributed by atoms with Crippen LogP contribution in [0.15, 0.2) is 30.5 Å². The molecule has 20 heavy (non-hydrogen) atoms. The highest BCUT2D eigenvalue weighted by molar-refractivity contribution is 5.30. The van der Waals surface area contributed by atoms with Gasteiger partial charge in [0.2, 0.25) is 0 Å². The molecule has 108 valence electrons. The van der Waals surface area contributed by atoms with Crippen molar-refractivity contribution < 1.29 is 0 Å². The predicted octanol–water partition coefficient (Wildman–Crippen LogP) is 2.80. The molecule has 1 N–H and O–H groups in total. The second-order valence-corrected chi connectivity index (χ2v) is 5.56. The Bertz CT molecular complexity index is 557. The molecular weight excluding hydrogens is 246 g/mol. The van der Waals surface area contributed by atoms with Crippen LogP contribution in [-0.4, -0.2) is 22.4 Å². The van der Waals surface area contributed by atoms with Crippen molar-refractivity contribution in [1.29, 1.82) is 0 Å². The summed E-state index contributed by atoms with van der Waals surface area (Å²) in [5, 5.41) is 8.06. The van der Waals surface area contributed by atoms with Gasteiger partial charge < -0.3 is 5.32 Å². The van der Waals surface area contributed by atoms with E-state index >= 15 is 0 Å². The summed E-state index contributed by atoms with van der Waals surface area (Å²) in [7, 11) is 1.97. The lowest BCUT2D eigenvalue weighted by Crippen LogP contribution is -2.33. The van der Waals surface area contributed by atoms with Gasteiger partial charge in [-0.1, -0.05) is 25.1 Å². The highest BCUT2D eigenvalue weighted by Gasteiger charge is 2.11. The topological polar surface area (TPSA) is 29.9 Å². The van der Waals surface area contributed by atoms with Crippen molar-refractivity contribution >= 4 is 0 Å². The minimum atomic E-state index is 0.442. The van der Waals surface area contributed by atoms with E-state index in [1.807, 2.05) is 17.9 Å². The van der Waals surface area contributed by atoms with Crippen LogP contribution in [0.4, 0.5) is 0 Å². The van der Waals surface area contributed by atoms with E-state index in [-0.39, 0.29) is 0 Å². The molecule has 0 aliphatic carbocycles. The molecule has 2 aromatic rings. The van der Waals surface area contributed by atoms with Gasteiger partial charge in [-0.2, -0.15) is 5.10 Å². The summed E-state index contributed by atoms with van der Waals surface area (Å²) in [6.07, 6.45) is 4.03. The van der Waals surface area contributed by atoms with Crippen LogP contribution in [0.1, 0.15) is 29.3 Å². The number of rotatable bonds is 6. The van der Waals surface area contributed by atoms with Crippen molar-refractivity contribution in [2.75, 3.05) is 6.54 Å². The minimum Gasteiger partial charge on any atom is -0.314 e. The molecule has 3 heteroatoms. The van der Waals surface area contributed by atoms with Crippen LogP contribution >= 0.6 is 0 Å². The zero-order chi connectivity index (χ0) is 14.5. The Kier molecular flexibility index (Phi) is 4.96. The number of nitrogens with zero attached hydrogens (tertiary/aromatic N) is 2. The Morgan fingerprint density at radius 2 is 1.95 bits per heavy atom. The zero-order valence-electron chi connectivity index (χ0n) is 13.0. The molecule has 0 aliphatic rings. The van der Waals surface area contributed by atoms with E-state index in [1.165, 1.54) is 16.7 Å². The molecule has 0 fully saturated rings. The van der Waals surface area contributed by atoms with Crippen molar-refractivity contribution in [3.05, 3.63) is 52.8 Å². The van der Waals surface area contributed by atoms with E-state index in [0.29, 0.717) is 6.04 Å². The molecule has 0 aliphatic heterocycles. The number of aromatic nitrogens is 2. The van der Waals surface area contributed by atoms with Crippen molar-refractivity contribution in [3.8, 4) is 0 Å². The maximum absolute atomic E-state index is 4.48. The first-order valence-electron chi connectivity index (χ1n) is 7.36. The normalized spacial score (nSPS) is 12.6. The number of benzene rings is 1. The molecule has 0 amide bonds. The highest BCUT2D eigenvalue weighted by atomic mass is 15.2. The fourth-order valence-electron chi connectivity index (χ4n) is 2.54. The Labute approximate surface area is 122 Å². The maximum atomic E-state index is 4.48. The zero-order valence-corrected chi connectivity index (χ0v) is 13.0. The average Bonchev–Trinajstić information content (AvgIpc) is 2.80. The van der Waals surface area contributed by atoms with Gasteiger partial charge in [0, 0.05) is 25.7 Å². The molecule has 1 atom stereocenters. The summed E-state index contributed by atoms with van der Waals surface area (Å²) < 4.78 is 1.87. The summed E-state index contributed by atoms with van der Waals surface area (Å²) in [6, 6.07) is 9.31. The SMILES string of the molecule is CCNC(Cc1ccc(C)c(C)c1)Cc1ccn(C)n1. The van der Waals surface area contributed by atoms with Crippen molar-refractivity contribution in [2.24, 2.45) is 7.05 Å². The molecule has 0 saturated heterocycles. The van der Waals surface area contributed by atoms with Gasteiger partial charge in [-0.3, -0.25) is 4.68 Å². The molecule has 2 rings (SSSR count). The highest BCUT2D eigenvalue weighted by Crippen LogP contribution is 2.13. The number of hydrogen-bond donors (Lipinski definition) is 1. The fraction of sp³-hybridized carbons (Fsp3) is 0.471. The van der Waals surface area contributed by atoms with Crippen LogP contribution in [0.25, 0.3) is 0 Å². The summed E-state index contributed by atoms with van der Waals surface area (Å²) >= 11 is 0. The Morgan fingerprint density at radius 1 is 1.15 bits per heavy atom. The van der Waals surface area contributed by atoms with Crippen LogP contribution in [0.2, 0.25) is 0 Å². The Balaban J connectivity index is 2.06. The second kappa shape index (κ2) is 6.71. The quantitative estimate of drug-likeness (QED) is 0.875. The molecule has 1 unspecified atom stereocenters. The molecule has 1 aromatic carbocycles. The van der Waals surface area contributed by atoms with E-state index in [4.69, 9.17) is 0 Å². The lowest BCUT2D eigenvalue weighted by atomic mass is 9.98. The van der Waals surface area contributed by atoms with E-state index in [9.17, 15) is 0 Å². The van der Waals surface area contributed by atoms with Crippen LogP contribution in [-0.2, 0) is 19.9 Å². The van der Waals surface area contributed by atoms with Gasteiger partial charge in [0.1, 0.15) is 0 Å². The number of hydrogen-bond acceptors (Lipinski definition) is 2. The molecule has 0 saturated carbocycles.